The molecule has 0 radical (unpaired) electrons. The van der Waals surface area contributed by atoms with E-state index in [-0.39, 0.29) is 0 Å². The predicted molar refractivity (Wildman–Crippen MR) is 92.9 cm³/mol. The summed E-state index contributed by atoms with van der Waals surface area (Å²) in [4.78, 5) is 7.91. The van der Waals surface area contributed by atoms with Crippen molar-refractivity contribution in [2.45, 2.75) is 19.8 Å². The zero-order valence-electron chi connectivity index (χ0n) is 13.4. The number of rotatable bonds is 6. The van der Waals surface area contributed by atoms with E-state index in [1.54, 1.807) is 7.11 Å². The van der Waals surface area contributed by atoms with Gasteiger partial charge in [-0.2, -0.15) is 0 Å². The van der Waals surface area contributed by atoms with Crippen LogP contribution in [0.1, 0.15) is 19.8 Å². The summed E-state index contributed by atoms with van der Waals surface area (Å²) < 4.78 is 11.2. The van der Waals surface area contributed by atoms with Crippen molar-refractivity contribution < 1.29 is 9.47 Å². The van der Waals surface area contributed by atoms with Gasteiger partial charge in [0, 0.05) is 11.3 Å². The van der Waals surface area contributed by atoms with Gasteiger partial charge < -0.3 is 20.2 Å². The number of anilines is 1. The lowest BCUT2D eigenvalue weighted by Gasteiger charge is -2.11. The lowest BCUT2D eigenvalue weighted by atomic mass is 10.2. The van der Waals surface area contributed by atoms with Gasteiger partial charge in [0.25, 0.3) is 0 Å². The minimum Gasteiger partial charge on any atom is -0.493 e. The topological polar surface area (TPSA) is 73.2 Å². The number of nitrogens with zero attached hydrogens (tertiary/aromatic N) is 1. The number of nitrogens with two attached hydrogens (primary N) is 1. The molecule has 3 N–H and O–H groups in total. The van der Waals surface area contributed by atoms with Crippen LogP contribution in [0.2, 0.25) is 0 Å². The first kappa shape index (κ1) is 15.2. The first-order valence-corrected chi connectivity index (χ1v) is 7.77. The third-order valence-corrected chi connectivity index (χ3v) is 3.70. The monoisotopic (exact) mass is 311 g/mol. The van der Waals surface area contributed by atoms with E-state index in [9.17, 15) is 0 Å². The Bertz CT molecular complexity index is 811. The maximum absolute atomic E-state index is 5.84. The van der Waals surface area contributed by atoms with Gasteiger partial charge in [-0.25, -0.2) is 4.98 Å². The van der Waals surface area contributed by atoms with Crippen LogP contribution in [0.25, 0.3) is 22.4 Å². The highest BCUT2D eigenvalue weighted by atomic mass is 16.5. The predicted octanol–water partition coefficient (Wildman–Crippen LogP) is 4.00. The Morgan fingerprint density at radius 2 is 2.00 bits per heavy atom. The third-order valence-electron chi connectivity index (χ3n) is 3.70. The van der Waals surface area contributed by atoms with Gasteiger partial charge >= 0.3 is 0 Å². The van der Waals surface area contributed by atoms with E-state index < -0.39 is 0 Å². The molecule has 1 heterocycles. The van der Waals surface area contributed by atoms with E-state index in [0.717, 1.165) is 46.8 Å². The number of nitrogens with one attached hydrogen (secondary N) is 1. The fourth-order valence-electron chi connectivity index (χ4n) is 2.43. The summed E-state index contributed by atoms with van der Waals surface area (Å²) >= 11 is 0. The van der Waals surface area contributed by atoms with Gasteiger partial charge in [-0.1, -0.05) is 13.3 Å². The van der Waals surface area contributed by atoms with Crippen molar-refractivity contribution in [2.75, 3.05) is 19.5 Å². The molecule has 2 aromatic carbocycles. The number of aromatic nitrogens is 2. The van der Waals surface area contributed by atoms with Gasteiger partial charge in [0.1, 0.15) is 5.82 Å². The van der Waals surface area contributed by atoms with E-state index in [0.29, 0.717) is 12.3 Å². The zero-order valence-corrected chi connectivity index (χ0v) is 13.4. The molecule has 0 aliphatic heterocycles. The van der Waals surface area contributed by atoms with Gasteiger partial charge in [-0.05, 0) is 42.8 Å². The van der Waals surface area contributed by atoms with Crippen molar-refractivity contribution in [3.05, 3.63) is 36.4 Å². The van der Waals surface area contributed by atoms with Crippen molar-refractivity contribution in [1.82, 2.24) is 9.97 Å². The van der Waals surface area contributed by atoms with Crippen LogP contribution >= 0.6 is 0 Å². The molecule has 0 unspecified atom stereocenters. The van der Waals surface area contributed by atoms with Gasteiger partial charge in [-0.3, -0.25) is 0 Å². The molecule has 0 bridgehead atoms. The molecule has 1 aromatic heterocycles. The summed E-state index contributed by atoms with van der Waals surface area (Å²) in [5.74, 6) is 2.25. The third kappa shape index (κ3) is 3.23. The van der Waals surface area contributed by atoms with E-state index in [1.807, 2.05) is 36.4 Å². The first-order chi connectivity index (χ1) is 11.2. The minimum absolute atomic E-state index is 0.674. The summed E-state index contributed by atoms with van der Waals surface area (Å²) in [6.45, 7) is 2.81. The van der Waals surface area contributed by atoms with E-state index in [4.69, 9.17) is 15.2 Å². The van der Waals surface area contributed by atoms with Crippen LogP contribution in [0.5, 0.6) is 11.5 Å². The van der Waals surface area contributed by atoms with Gasteiger partial charge in [0.15, 0.2) is 11.5 Å². The van der Waals surface area contributed by atoms with Crippen LogP contribution in [-0.4, -0.2) is 23.7 Å². The number of hydrogen-bond acceptors (Lipinski definition) is 4. The number of benzene rings is 2. The molecular formula is C18H21N3O2. The molecule has 3 aromatic rings. The standard InChI is InChI=1S/C18H21N3O2/c1-3-4-9-23-17-10-12(5-8-16(17)22-2)18-20-14-7-6-13(19)11-15(14)21-18/h5-8,10-11H,3-4,9,19H2,1-2H3,(H,20,21). The second kappa shape index (κ2) is 6.60. The number of fused-ring (bicyclic) bond motifs is 1. The molecule has 120 valence electrons. The number of imidazole rings is 1. The molecule has 0 fully saturated rings. The Morgan fingerprint density at radius 1 is 1.13 bits per heavy atom. The minimum atomic E-state index is 0.674. The van der Waals surface area contributed by atoms with Crippen molar-refractivity contribution in [2.24, 2.45) is 0 Å². The summed E-state index contributed by atoms with van der Waals surface area (Å²) in [6, 6.07) is 11.5. The highest BCUT2D eigenvalue weighted by molar-refractivity contribution is 5.82. The van der Waals surface area contributed by atoms with Crippen molar-refractivity contribution in [1.29, 1.82) is 0 Å². The molecule has 0 atom stereocenters. The fourth-order valence-corrected chi connectivity index (χ4v) is 2.43. The molecule has 0 saturated heterocycles. The van der Waals surface area contributed by atoms with Crippen molar-refractivity contribution >= 4 is 16.7 Å². The van der Waals surface area contributed by atoms with Crippen LogP contribution in [-0.2, 0) is 0 Å². The second-order valence-corrected chi connectivity index (χ2v) is 5.43. The number of unbranched alkanes of at least 4 members (excludes halogenated alkanes) is 1. The highest BCUT2D eigenvalue weighted by Gasteiger charge is 2.10. The van der Waals surface area contributed by atoms with E-state index in [1.165, 1.54) is 0 Å². The molecule has 5 nitrogen and oxygen atoms in total. The number of H-pyrrole nitrogens is 1. The zero-order chi connectivity index (χ0) is 16.2. The molecule has 0 saturated carbocycles. The Kier molecular flexibility index (Phi) is 4.37. The molecular weight excluding hydrogens is 290 g/mol. The number of methoxy groups -OCH3 is 1. The summed E-state index contributed by atoms with van der Waals surface area (Å²) in [5.41, 5.74) is 9.29. The first-order valence-electron chi connectivity index (χ1n) is 7.77. The summed E-state index contributed by atoms with van der Waals surface area (Å²) in [7, 11) is 1.64. The average Bonchev–Trinajstić information content (AvgIpc) is 2.98. The Labute approximate surface area is 135 Å². The lowest BCUT2D eigenvalue weighted by molar-refractivity contribution is 0.288. The Hall–Kier alpha value is -2.69. The van der Waals surface area contributed by atoms with Crippen LogP contribution < -0.4 is 15.2 Å². The van der Waals surface area contributed by atoms with Crippen LogP contribution in [0, 0.1) is 0 Å². The normalized spacial score (nSPS) is 10.9. The van der Waals surface area contributed by atoms with Crippen LogP contribution in [0.3, 0.4) is 0 Å². The Balaban J connectivity index is 1.95. The molecule has 3 rings (SSSR count). The van der Waals surface area contributed by atoms with Crippen LogP contribution in [0.15, 0.2) is 36.4 Å². The lowest BCUT2D eigenvalue weighted by Crippen LogP contribution is -1.99. The molecule has 0 amide bonds. The van der Waals surface area contributed by atoms with Crippen molar-refractivity contribution in [3.8, 4) is 22.9 Å². The molecule has 0 aliphatic rings. The number of aromatic amines is 1. The van der Waals surface area contributed by atoms with Crippen molar-refractivity contribution in [3.63, 3.8) is 0 Å². The largest absolute Gasteiger partial charge is 0.493 e. The fraction of sp³-hybridized carbons (Fsp3) is 0.278. The smallest absolute Gasteiger partial charge is 0.161 e. The van der Waals surface area contributed by atoms with Gasteiger partial charge in [0.05, 0.1) is 24.8 Å². The number of nitrogen functional groups attached to an aromatic ring is 1. The summed E-state index contributed by atoms with van der Waals surface area (Å²) in [6.07, 6.45) is 2.10. The quantitative estimate of drug-likeness (QED) is 0.533. The second-order valence-electron chi connectivity index (χ2n) is 5.43. The summed E-state index contributed by atoms with van der Waals surface area (Å²) in [5, 5.41) is 0. The van der Waals surface area contributed by atoms with E-state index >= 15 is 0 Å². The van der Waals surface area contributed by atoms with Crippen LogP contribution in [0.4, 0.5) is 5.69 Å². The van der Waals surface area contributed by atoms with Gasteiger partial charge in [-0.15, -0.1) is 0 Å². The highest BCUT2D eigenvalue weighted by Crippen LogP contribution is 2.32. The molecule has 0 aliphatic carbocycles. The molecule has 0 spiro atoms. The maximum Gasteiger partial charge on any atom is 0.161 e. The molecule has 23 heavy (non-hydrogen) atoms. The van der Waals surface area contributed by atoms with Gasteiger partial charge in [0.2, 0.25) is 0 Å². The Morgan fingerprint density at radius 3 is 2.78 bits per heavy atom. The average molecular weight is 311 g/mol. The van der Waals surface area contributed by atoms with E-state index in [2.05, 4.69) is 16.9 Å². The SMILES string of the molecule is CCCCOc1cc(-c2nc3ccc(N)cc3[nH]2)ccc1OC. The number of ether oxygens (including phenoxy) is 2. The molecule has 5 heteroatoms. The maximum atomic E-state index is 5.84. The number of hydrogen-bond donors (Lipinski definition) is 2.